The molecule has 0 saturated carbocycles. The molecule has 0 aliphatic carbocycles. The normalized spacial score (nSPS) is 10.9. The van der Waals surface area contributed by atoms with Gasteiger partial charge in [0.2, 0.25) is 0 Å². The molecule has 2 N–H and O–H groups in total. The van der Waals surface area contributed by atoms with E-state index in [9.17, 15) is 9.59 Å². The number of carbonyl (C=O) groups excluding carboxylic acids is 2. The predicted octanol–water partition coefficient (Wildman–Crippen LogP) is 3.99. The van der Waals surface area contributed by atoms with Crippen molar-refractivity contribution in [3.05, 3.63) is 52.4 Å². The maximum atomic E-state index is 11.6. The molecule has 3 aromatic rings. The van der Waals surface area contributed by atoms with Gasteiger partial charge in [0.05, 0.1) is 23.5 Å². The second kappa shape index (κ2) is 8.93. The van der Waals surface area contributed by atoms with Gasteiger partial charge >= 0.3 is 12.2 Å². The molecule has 1 aromatic carbocycles. The van der Waals surface area contributed by atoms with Crippen LogP contribution >= 0.6 is 15.9 Å². The molecule has 158 valence electrons. The number of hydrogen-bond donors (Lipinski definition) is 1. The lowest BCUT2D eigenvalue weighted by Gasteiger charge is -2.24. The number of carbonyl (C=O) groups is 2. The first kappa shape index (κ1) is 21.9. The fourth-order valence-corrected chi connectivity index (χ4v) is 3.01. The fraction of sp³-hybridized carbons (Fsp3) is 0.200. The van der Waals surface area contributed by atoms with Gasteiger partial charge in [-0.15, -0.1) is 0 Å². The Bertz CT molecular complexity index is 1170. The molecule has 2 aromatic heterocycles. The Morgan fingerprint density at radius 2 is 2.00 bits per heavy atom. The van der Waals surface area contributed by atoms with E-state index >= 15 is 0 Å². The highest BCUT2D eigenvalue weighted by atomic mass is 79.9. The van der Waals surface area contributed by atoms with Crippen molar-refractivity contribution in [2.24, 2.45) is 5.73 Å². The van der Waals surface area contributed by atoms with Crippen molar-refractivity contribution in [3.63, 3.8) is 0 Å². The van der Waals surface area contributed by atoms with Crippen LogP contribution in [0.3, 0.4) is 0 Å². The zero-order chi connectivity index (χ0) is 22.6. The number of halogens is 1. The largest absolute Gasteiger partial charge is 0.517 e. The molecule has 11 heteroatoms. The molecule has 0 unspecified atom stereocenters. The minimum Gasteiger partial charge on any atom is -0.427 e. The molecule has 0 bridgehead atoms. The highest BCUT2D eigenvalue weighted by molar-refractivity contribution is 9.10. The van der Waals surface area contributed by atoms with Gasteiger partial charge in [-0.25, -0.2) is 14.6 Å². The SMILES string of the molecule is CC(C)(Cc1ncc(Br)nc1-c1cc(-c2ccc(C#N)cc2)no1)OC(=O)OC(N)=O. The second-order valence-electron chi connectivity index (χ2n) is 6.96. The summed E-state index contributed by atoms with van der Waals surface area (Å²) in [5, 5.41) is 13.0. The van der Waals surface area contributed by atoms with Crippen molar-refractivity contribution in [1.29, 1.82) is 5.26 Å². The fourth-order valence-electron chi connectivity index (χ4n) is 2.73. The van der Waals surface area contributed by atoms with Gasteiger partial charge in [-0.1, -0.05) is 17.3 Å². The summed E-state index contributed by atoms with van der Waals surface area (Å²) < 4.78 is 15.3. The molecule has 0 saturated heterocycles. The Balaban J connectivity index is 1.88. The van der Waals surface area contributed by atoms with Crippen molar-refractivity contribution in [1.82, 2.24) is 15.1 Å². The standard InChI is InChI=1S/C20H16BrN5O5/c1-20(2,30-19(28)29-18(23)27)8-14-17(25-16(21)10-24-14)15-7-13(26-31-15)12-5-3-11(9-22)4-6-12/h3-7,10H,8H2,1-2H3,(H2,23,27). The first-order valence-electron chi connectivity index (χ1n) is 8.86. The molecule has 2 heterocycles. The van der Waals surface area contributed by atoms with Gasteiger partial charge in [-0.2, -0.15) is 5.26 Å². The maximum Gasteiger partial charge on any atom is 0.517 e. The average Bonchev–Trinajstić information content (AvgIpc) is 3.18. The van der Waals surface area contributed by atoms with Crippen LogP contribution in [0.5, 0.6) is 0 Å². The van der Waals surface area contributed by atoms with Gasteiger partial charge in [0.15, 0.2) is 5.76 Å². The topological polar surface area (TPSA) is 154 Å². The van der Waals surface area contributed by atoms with Crippen molar-refractivity contribution >= 4 is 28.2 Å². The molecule has 0 aliphatic heterocycles. The van der Waals surface area contributed by atoms with E-state index < -0.39 is 17.8 Å². The monoisotopic (exact) mass is 485 g/mol. The third kappa shape index (κ3) is 5.64. The first-order chi connectivity index (χ1) is 14.7. The van der Waals surface area contributed by atoms with Crippen molar-refractivity contribution in [2.75, 3.05) is 0 Å². The number of rotatable bonds is 5. The summed E-state index contributed by atoms with van der Waals surface area (Å²) in [6.07, 6.45) is -0.855. The molecule has 3 rings (SSSR count). The lowest BCUT2D eigenvalue weighted by molar-refractivity contribution is 0.0000118. The van der Waals surface area contributed by atoms with E-state index in [0.29, 0.717) is 33.0 Å². The number of aromatic nitrogens is 3. The lowest BCUT2D eigenvalue weighted by Crippen LogP contribution is -2.33. The highest BCUT2D eigenvalue weighted by Gasteiger charge is 2.29. The van der Waals surface area contributed by atoms with Crippen LogP contribution in [0.1, 0.15) is 25.1 Å². The van der Waals surface area contributed by atoms with E-state index in [4.69, 9.17) is 20.3 Å². The van der Waals surface area contributed by atoms with Crippen LogP contribution in [0.25, 0.3) is 22.7 Å². The zero-order valence-electron chi connectivity index (χ0n) is 16.5. The van der Waals surface area contributed by atoms with Crippen LogP contribution in [0, 0.1) is 11.3 Å². The Morgan fingerprint density at radius 3 is 2.65 bits per heavy atom. The number of nitrogens with zero attached hydrogens (tertiary/aromatic N) is 4. The van der Waals surface area contributed by atoms with Crippen LogP contribution in [0.4, 0.5) is 9.59 Å². The summed E-state index contributed by atoms with van der Waals surface area (Å²) in [5.74, 6) is 0.346. The smallest absolute Gasteiger partial charge is 0.427 e. The third-order valence-corrected chi connectivity index (χ3v) is 4.39. The van der Waals surface area contributed by atoms with Crippen molar-refractivity contribution in [2.45, 2.75) is 25.9 Å². The molecule has 0 aliphatic rings. The lowest BCUT2D eigenvalue weighted by atomic mass is 10.00. The summed E-state index contributed by atoms with van der Waals surface area (Å²) in [6.45, 7) is 3.23. The molecule has 1 amide bonds. The van der Waals surface area contributed by atoms with Gasteiger partial charge in [0.25, 0.3) is 0 Å². The number of nitriles is 1. The van der Waals surface area contributed by atoms with Crippen molar-refractivity contribution in [3.8, 4) is 28.8 Å². The average molecular weight is 486 g/mol. The summed E-state index contributed by atoms with van der Waals surface area (Å²) in [7, 11) is 0. The Hall–Kier alpha value is -3.78. The van der Waals surface area contributed by atoms with Crippen LogP contribution in [0.15, 0.2) is 45.7 Å². The molecule has 31 heavy (non-hydrogen) atoms. The minimum absolute atomic E-state index is 0.128. The number of benzene rings is 1. The van der Waals surface area contributed by atoms with E-state index in [-0.39, 0.29) is 6.42 Å². The summed E-state index contributed by atoms with van der Waals surface area (Å²) in [4.78, 5) is 31.1. The summed E-state index contributed by atoms with van der Waals surface area (Å²) >= 11 is 3.29. The zero-order valence-corrected chi connectivity index (χ0v) is 18.0. The molecule has 0 fully saturated rings. The molecule has 0 spiro atoms. The van der Waals surface area contributed by atoms with Crippen LogP contribution in [0.2, 0.25) is 0 Å². The number of primary amides is 1. The summed E-state index contributed by atoms with van der Waals surface area (Å²) in [5.41, 5.74) is 6.42. The van der Waals surface area contributed by atoms with Crippen LogP contribution in [-0.4, -0.2) is 33.0 Å². The van der Waals surface area contributed by atoms with E-state index in [2.05, 4.69) is 41.9 Å². The van der Waals surface area contributed by atoms with Gasteiger partial charge < -0.3 is 19.7 Å². The third-order valence-electron chi connectivity index (χ3n) is 4.01. The quantitative estimate of drug-likeness (QED) is 0.416. The number of amides is 1. The maximum absolute atomic E-state index is 11.6. The molecule has 0 radical (unpaired) electrons. The number of hydrogen-bond acceptors (Lipinski definition) is 9. The van der Waals surface area contributed by atoms with Gasteiger partial charge in [-0.3, -0.25) is 4.98 Å². The van der Waals surface area contributed by atoms with Gasteiger partial charge in [0, 0.05) is 18.1 Å². The second-order valence-corrected chi connectivity index (χ2v) is 7.78. The Labute approximate surface area is 185 Å². The van der Waals surface area contributed by atoms with E-state index in [1.165, 1.54) is 6.20 Å². The van der Waals surface area contributed by atoms with E-state index in [0.717, 1.165) is 5.56 Å². The number of ether oxygens (including phenoxy) is 2. The summed E-state index contributed by atoms with van der Waals surface area (Å²) in [6, 6.07) is 10.6. The molecular formula is C20H16BrN5O5. The van der Waals surface area contributed by atoms with Crippen LogP contribution in [-0.2, 0) is 15.9 Å². The first-order valence-corrected chi connectivity index (χ1v) is 9.65. The van der Waals surface area contributed by atoms with Gasteiger partial charge in [0.1, 0.15) is 21.6 Å². The Morgan fingerprint density at radius 1 is 1.29 bits per heavy atom. The number of nitrogens with two attached hydrogens (primary N) is 1. The Kier molecular flexibility index (Phi) is 6.31. The van der Waals surface area contributed by atoms with Crippen LogP contribution < -0.4 is 5.73 Å². The molecule has 10 nitrogen and oxygen atoms in total. The molecular weight excluding hydrogens is 470 g/mol. The minimum atomic E-state index is -1.26. The highest BCUT2D eigenvalue weighted by Crippen LogP contribution is 2.30. The van der Waals surface area contributed by atoms with E-state index in [1.54, 1.807) is 44.2 Å². The van der Waals surface area contributed by atoms with E-state index in [1.807, 2.05) is 0 Å². The van der Waals surface area contributed by atoms with Gasteiger partial charge in [-0.05, 0) is 41.9 Å². The van der Waals surface area contributed by atoms with Crippen molar-refractivity contribution < 1.29 is 23.6 Å². The predicted molar refractivity (Wildman–Crippen MR) is 110 cm³/mol. The molecule has 0 atom stereocenters.